The molecule has 27 heavy (non-hydrogen) atoms. The maximum Gasteiger partial charge on any atom is 0.410 e. The van der Waals surface area contributed by atoms with Gasteiger partial charge in [0, 0.05) is 24.9 Å². The molecule has 1 heterocycles. The van der Waals surface area contributed by atoms with E-state index in [1.165, 1.54) is 51.4 Å². The SMILES string of the molecule is CCCCCCC#CCC1CCC(CCCCCC)N1C(=O)OC(C)(C)C. The van der Waals surface area contributed by atoms with Crippen LogP contribution in [0.25, 0.3) is 0 Å². The molecule has 1 rings (SSSR count). The molecule has 0 aliphatic carbocycles. The Labute approximate surface area is 168 Å². The van der Waals surface area contributed by atoms with Crippen LogP contribution in [0.1, 0.15) is 118 Å². The molecule has 1 aliphatic rings. The van der Waals surface area contributed by atoms with Gasteiger partial charge in [0.2, 0.25) is 0 Å². The number of amides is 1. The first-order chi connectivity index (χ1) is 12.9. The van der Waals surface area contributed by atoms with E-state index in [0.717, 1.165) is 32.1 Å². The number of rotatable bonds is 10. The number of carbonyl (C=O) groups is 1. The second kappa shape index (κ2) is 13.1. The van der Waals surface area contributed by atoms with Crippen molar-refractivity contribution in [2.75, 3.05) is 0 Å². The van der Waals surface area contributed by atoms with Crippen molar-refractivity contribution in [3.63, 3.8) is 0 Å². The molecule has 0 N–H and O–H groups in total. The number of carbonyl (C=O) groups excluding carboxylic acids is 1. The van der Waals surface area contributed by atoms with Crippen molar-refractivity contribution < 1.29 is 9.53 Å². The molecule has 0 bridgehead atoms. The standard InChI is InChI=1S/C24H43NO2/c1-6-8-10-12-13-14-16-18-22-20-19-21(17-15-11-9-7-2)25(22)23(26)27-24(3,4)5/h21-22H,6-13,15,17-20H2,1-5H3. The zero-order valence-corrected chi connectivity index (χ0v) is 18.6. The lowest BCUT2D eigenvalue weighted by molar-refractivity contribution is 0.0141. The Morgan fingerprint density at radius 3 is 2.19 bits per heavy atom. The lowest BCUT2D eigenvalue weighted by atomic mass is 10.1. The second-order valence-electron chi connectivity index (χ2n) is 8.99. The van der Waals surface area contributed by atoms with E-state index in [4.69, 9.17) is 4.74 Å². The molecule has 0 aromatic rings. The summed E-state index contributed by atoms with van der Waals surface area (Å²) in [5.74, 6) is 6.67. The summed E-state index contributed by atoms with van der Waals surface area (Å²) in [6.07, 6.45) is 14.9. The summed E-state index contributed by atoms with van der Waals surface area (Å²) in [7, 11) is 0. The lowest BCUT2D eigenvalue weighted by Crippen LogP contribution is -2.44. The Bertz CT molecular complexity index is 469. The molecule has 0 aromatic carbocycles. The van der Waals surface area contributed by atoms with E-state index in [1.54, 1.807) is 0 Å². The van der Waals surface area contributed by atoms with Gasteiger partial charge in [0.25, 0.3) is 0 Å². The minimum absolute atomic E-state index is 0.143. The van der Waals surface area contributed by atoms with Gasteiger partial charge in [-0.2, -0.15) is 0 Å². The van der Waals surface area contributed by atoms with Gasteiger partial charge in [0.05, 0.1) is 0 Å². The Morgan fingerprint density at radius 2 is 1.56 bits per heavy atom. The molecule has 3 heteroatoms. The number of nitrogens with zero attached hydrogens (tertiary/aromatic N) is 1. The predicted octanol–water partition coefficient (Wildman–Crippen LogP) is 7.09. The maximum absolute atomic E-state index is 12.8. The van der Waals surface area contributed by atoms with Gasteiger partial charge < -0.3 is 9.64 Å². The molecular formula is C24H43NO2. The van der Waals surface area contributed by atoms with Gasteiger partial charge in [-0.1, -0.05) is 58.8 Å². The number of likely N-dealkylation sites (tertiary alicyclic amines) is 1. The first kappa shape index (κ1) is 23.9. The Kier molecular flexibility index (Phi) is 11.6. The average Bonchev–Trinajstić information content (AvgIpc) is 2.99. The highest BCUT2D eigenvalue weighted by molar-refractivity contribution is 5.69. The Balaban J connectivity index is 2.60. The molecule has 2 unspecified atom stereocenters. The van der Waals surface area contributed by atoms with Crippen LogP contribution in [-0.4, -0.2) is 28.7 Å². The van der Waals surface area contributed by atoms with Crippen LogP contribution >= 0.6 is 0 Å². The highest BCUT2D eigenvalue weighted by Gasteiger charge is 2.38. The van der Waals surface area contributed by atoms with Crippen molar-refractivity contribution in [1.29, 1.82) is 0 Å². The normalized spacial score (nSPS) is 19.7. The molecule has 0 saturated carbocycles. The fraction of sp³-hybridized carbons (Fsp3) is 0.875. The lowest BCUT2D eigenvalue weighted by Gasteiger charge is -2.32. The molecular weight excluding hydrogens is 334 g/mol. The van der Waals surface area contributed by atoms with Crippen molar-refractivity contribution >= 4 is 6.09 Å². The molecule has 0 radical (unpaired) electrons. The predicted molar refractivity (Wildman–Crippen MR) is 115 cm³/mol. The van der Waals surface area contributed by atoms with Gasteiger partial charge >= 0.3 is 6.09 Å². The van der Waals surface area contributed by atoms with Gasteiger partial charge in [-0.25, -0.2) is 4.79 Å². The first-order valence-electron chi connectivity index (χ1n) is 11.4. The van der Waals surface area contributed by atoms with Crippen molar-refractivity contribution in [2.24, 2.45) is 0 Å². The zero-order chi connectivity index (χ0) is 20.1. The second-order valence-corrected chi connectivity index (χ2v) is 8.99. The van der Waals surface area contributed by atoms with Crippen LogP contribution in [0.5, 0.6) is 0 Å². The van der Waals surface area contributed by atoms with Gasteiger partial charge in [0.15, 0.2) is 0 Å². The summed E-state index contributed by atoms with van der Waals surface area (Å²) < 4.78 is 5.72. The van der Waals surface area contributed by atoms with E-state index in [0.29, 0.717) is 6.04 Å². The number of ether oxygens (including phenoxy) is 1. The summed E-state index contributed by atoms with van der Waals surface area (Å²) in [5.41, 5.74) is -0.443. The first-order valence-corrected chi connectivity index (χ1v) is 11.4. The summed E-state index contributed by atoms with van der Waals surface area (Å²) in [6, 6.07) is 0.548. The van der Waals surface area contributed by atoms with Crippen LogP contribution in [-0.2, 0) is 4.74 Å². The van der Waals surface area contributed by atoms with E-state index < -0.39 is 5.60 Å². The smallest absolute Gasteiger partial charge is 0.410 e. The molecule has 3 nitrogen and oxygen atoms in total. The summed E-state index contributed by atoms with van der Waals surface area (Å²) in [5, 5.41) is 0. The van der Waals surface area contributed by atoms with Crippen molar-refractivity contribution in [2.45, 2.75) is 136 Å². The van der Waals surface area contributed by atoms with Gasteiger partial charge in [-0.15, -0.1) is 11.8 Å². The number of hydrogen-bond donors (Lipinski definition) is 0. The van der Waals surface area contributed by atoms with Crippen LogP contribution in [0.3, 0.4) is 0 Å². The summed E-state index contributed by atoms with van der Waals surface area (Å²) in [4.78, 5) is 14.9. The van der Waals surface area contributed by atoms with E-state index in [-0.39, 0.29) is 12.1 Å². The monoisotopic (exact) mass is 377 g/mol. The number of unbranched alkanes of at least 4 members (excludes halogenated alkanes) is 7. The third kappa shape index (κ3) is 10.1. The van der Waals surface area contributed by atoms with Crippen molar-refractivity contribution in [3.05, 3.63) is 0 Å². The summed E-state index contributed by atoms with van der Waals surface area (Å²) >= 11 is 0. The van der Waals surface area contributed by atoms with Crippen LogP contribution < -0.4 is 0 Å². The fourth-order valence-corrected chi connectivity index (χ4v) is 3.78. The third-order valence-corrected chi connectivity index (χ3v) is 5.23. The highest BCUT2D eigenvalue weighted by atomic mass is 16.6. The molecule has 0 aromatic heterocycles. The number of hydrogen-bond acceptors (Lipinski definition) is 2. The minimum Gasteiger partial charge on any atom is -0.444 e. The highest BCUT2D eigenvalue weighted by Crippen LogP contribution is 2.31. The fourth-order valence-electron chi connectivity index (χ4n) is 3.78. The molecule has 1 saturated heterocycles. The van der Waals surface area contributed by atoms with Crippen molar-refractivity contribution in [3.8, 4) is 11.8 Å². The zero-order valence-electron chi connectivity index (χ0n) is 18.6. The van der Waals surface area contributed by atoms with Crippen LogP contribution in [0.15, 0.2) is 0 Å². The summed E-state index contributed by atoms with van der Waals surface area (Å²) in [6.45, 7) is 10.3. The Morgan fingerprint density at radius 1 is 0.926 bits per heavy atom. The van der Waals surface area contributed by atoms with Gasteiger partial charge in [-0.05, 0) is 46.5 Å². The Hall–Kier alpha value is -1.17. The van der Waals surface area contributed by atoms with E-state index in [2.05, 4.69) is 25.7 Å². The van der Waals surface area contributed by atoms with E-state index in [1.807, 2.05) is 25.7 Å². The molecule has 1 fully saturated rings. The largest absolute Gasteiger partial charge is 0.444 e. The van der Waals surface area contributed by atoms with Crippen molar-refractivity contribution in [1.82, 2.24) is 4.90 Å². The van der Waals surface area contributed by atoms with Crippen LogP contribution in [0.4, 0.5) is 4.79 Å². The van der Waals surface area contributed by atoms with Crippen LogP contribution in [0, 0.1) is 11.8 Å². The molecule has 0 spiro atoms. The third-order valence-electron chi connectivity index (χ3n) is 5.23. The molecule has 156 valence electrons. The van der Waals surface area contributed by atoms with Crippen LogP contribution in [0.2, 0.25) is 0 Å². The molecule has 1 amide bonds. The quantitative estimate of drug-likeness (QED) is 0.300. The molecule has 1 aliphatic heterocycles. The molecule has 2 atom stereocenters. The van der Waals surface area contributed by atoms with E-state index in [9.17, 15) is 4.79 Å². The average molecular weight is 378 g/mol. The topological polar surface area (TPSA) is 29.5 Å². The van der Waals surface area contributed by atoms with E-state index >= 15 is 0 Å². The van der Waals surface area contributed by atoms with Gasteiger partial charge in [0.1, 0.15) is 5.60 Å². The maximum atomic E-state index is 12.8. The van der Waals surface area contributed by atoms with Gasteiger partial charge in [-0.3, -0.25) is 0 Å². The minimum atomic E-state index is -0.443.